The van der Waals surface area contributed by atoms with E-state index in [1.54, 1.807) is 0 Å². The van der Waals surface area contributed by atoms with Crippen LogP contribution in [-0.2, 0) is 9.59 Å². The van der Waals surface area contributed by atoms with Crippen LogP contribution in [0.1, 0.15) is 6.42 Å². The summed E-state index contributed by atoms with van der Waals surface area (Å²) >= 11 is 4.07. The van der Waals surface area contributed by atoms with Crippen molar-refractivity contribution in [3.8, 4) is 0 Å². The van der Waals surface area contributed by atoms with Crippen molar-refractivity contribution in [2.24, 2.45) is 0 Å². The SMILES string of the molecule is O=C(CCNCC(=O)N(CCS)c1ccc(B(O)O)cc1F)Nc1ccc(B(O)O)cc1F. The molecule has 0 aliphatic heterocycles. The zero-order valence-electron chi connectivity index (χ0n) is 17.4. The number of thiol groups is 1. The van der Waals surface area contributed by atoms with E-state index in [4.69, 9.17) is 20.1 Å². The first kappa shape index (κ1) is 26.8. The number of benzene rings is 2. The molecule has 2 amide bonds. The summed E-state index contributed by atoms with van der Waals surface area (Å²) in [5.41, 5.74) is -0.301. The minimum Gasteiger partial charge on any atom is -0.423 e. The predicted octanol–water partition coefficient (Wildman–Crippen LogP) is -1.79. The van der Waals surface area contributed by atoms with Crippen molar-refractivity contribution < 1.29 is 38.5 Å². The molecule has 0 aliphatic rings. The summed E-state index contributed by atoms with van der Waals surface area (Å²) in [5, 5.41) is 41.4. The molecule has 2 aromatic carbocycles. The lowest BCUT2D eigenvalue weighted by Crippen LogP contribution is -2.41. The third kappa shape index (κ3) is 7.81. The molecule has 14 heteroatoms. The molecule has 0 spiro atoms. The molecule has 0 bridgehead atoms. The Morgan fingerprint density at radius 2 is 1.58 bits per heavy atom. The molecule has 0 saturated carbocycles. The number of hydrogen-bond donors (Lipinski definition) is 7. The lowest BCUT2D eigenvalue weighted by atomic mass is 9.80. The zero-order valence-corrected chi connectivity index (χ0v) is 18.3. The third-order valence-corrected chi connectivity index (χ3v) is 4.76. The number of carbonyl (C=O) groups excluding carboxylic acids is 2. The van der Waals surface area contributed by atoms with Gasteiger partial charge in [-0.15, -0.1) is 0 Å². The van der Waals surface area contributed by atoms with Gasteiger partial charge in [-0.3, -0.25) is 9.59 Å². The van der Waals surface area contributed by atoms with E-state index in [0.29, 0.717) is 0 Å². The Labute approximate surface area is 195 Å². The molecular formula is C19H23B2F2N3O6S. The predicted molar refractivity (Wildman–Crippen MR) is 125 cm³/mol. The maximum Gasteiger partial charge on any atom is 0.488 e. The van der Waals surface area contributed by atoms with Gasteiger partial charge in [-0.1, -0.05) is 12.1 Å². The van der Waals surface area contributed by atoms with Crippen molar-refractivity contribution >= 4 is 61.0 Å². The van der Waals surface area contributed by atoms with Crippen molar-refractivity contribution in [1.82, 2.24) is 5.32 Å². The number of amides is 2. The van der Waals surface area contributed by atoms with Gasteiger partial charge in [0, 0.05) is 25.3 Å². The van der Waals surface area contributed by atoms with Crippen LogP contribution < -0.4 is 26.5 Å². The van der Waals surface area contributed by atoms with Crippen LogP contribution in [0.4, 0.5) is 20.2 Å². The van der Waals surface area contributed by atoms with Crippen molar-refractivity contribution in [3.63, 3.8) is 0 Å². The fourth-order valence-electron chi connectivity index (χ4n) is 2.88. The van der Waals surface area contributed by atoms with Crippen molar-refractivity contribution in [2.75, 3.05) is 35.6 Å². The normalized spacial score (nSPS) is 10.6. The van der Waals surface area contributed by atoms with Gasteiger partial charge in [0.15, 0.2) is 0 Å². The summed E-state index contributed by atoms with van der Waals surface area (Å²) in [6, 6.07) is 6.80. The monoisotopic (exact) mass is 481 g/mol. The second-order valence-electron chi connectivity index (χ2n) is 6.94. The zero-order chi connectivity index (χ0) is 24.5. The van der Waals surface area contributed by atoms with Gasteiger partial charge < -0.3 is 35.6 Å². The van der Waals surface area contributed by atoms with Crippen LogP contribution in [0.15, 0.2) is 36.4 Å². The molecule has 0 aliphatic carbocycles. The molecule has 9 nitrogen and oxygen atoms in total. The molecule has 176 valence electrons. The fraction of sp³-hybridized carbons (Fsp3) is 0.263. The molecule has 0 atom stereocenters. The van der Waals surface area contributed by atoms with Gasteiger partial charge in [-0.2, -0.15) is 12.6 Å². The van der Waals surface area contributed by atoms with Crippen LogP contribution in [0, 0.1) is 11.6 Å². The van der Waals surface area contributed by atoms with Crippen LogP contribution in [-0.4, -0.2) is 71.5 Å². The Balaban J connectivity index is 1.88. The van der Waals surface area contributed by atoms with E-state index in [1.807, 2.05) is 0 Å². The van der Waals surface area contributed by atoms with E-state index in [1.165, 1.54) is 24.3 Å². The lowest BCUT2D eigenvalue weighted by molar-refractivity contribution is -0.118. The quantitative estimate of drug-likeness (QED) is 0.114. The minimum atomic E-state index is -1.84. The fourth-order valence-corrected chi connectivity index (χ4v) is 3.08. The first-order chi connectivity index (χ1) is 15.6. The summed E-state index contributed by atoms with van der Waals surface area (Å²) < 4.78 is 28.3. The molecular weight excluding hydrogens is 458 g/mol. The second kappa shape index (κ2) is 12.7. The third-order valence-electron chi connectivity index (χ3n) is 4.56. The second-order valence-corrected chi connectivity index (χ2v) is 7.39. The van der Waals surface area contributed by atoms with Crippen molar-refractivity contribution in [2.45, 2.75) is 6.42 Å². The summed E-state index contributed by atoms with van der Waals surface area (Å²) in [5.74, 6) is -2.43. The Kier molecular flexibility index (Phi) is 10.3. The molecule has 0 heterocycles. The van der Waals surface area contributed by atoms with E-state index in [9.17, 15) is 18.4 Å². The number of anilines is 2. The largest absolute Gasteiger partial charge is 0.488 e. The Morgan fingerprint density at radius 3 is 2.12 bits per heavy atom. The van der Waals surface area contributed by atoms with Crippen LogP contribution in [0.5, 0.6) is 0 Å². The number of nitrogens with one attached hydrogen (secondary N) is 2. The van der Waals surface area contributed by atoms with Gasteiger partial charge in [-0.05, 0) is 35.2 Å². The highest BCUT2D eigenvalue weighted by atomic mass is 32.1. The number of nitrogens with zero attached hydrogens (tertiary/aromatic N) is 1. The average molecular weight is 481 g/mol. The number of halogens is 2. The highest BCUT2D eigenvalue weighted by molar-refractivity contribution is 7.80. The Bertz CT molecular complexity index is 987. The molecule has 2 rings (SSSR count). The van der Waals surface area contributed by atoms with Gasteiger partial charge in [0.2, 0.25) is 11.8 Å². The van der Waals surface area contributed by atoms with E-state index in [0.717, 1.165) is 17.0 Å². The topological polar surface area (TPSA) is 142 Å². The molecule has 2 aromatic rings. The van der Waals surface area contributed by atoms with Gasteiger partial charge in [0.1, 0.15) is 11.6 Å². The minimum absolute atomic E-state index is 0.0510. The summed E-state index contributed by atoms with van der Waals surface area (Å²) in [4.78, 5) is 25.7. The van der Waals surface area contributed by atoms with E-state index in [-0.39, 0.29) is 54.1 Å². The standard InChI is InChI=1S/C19H23B2F2N3O6S/c22-14-9-12(20(29)30)1-3-16(14)25-18(27)5-6-24-11-19(28)26(7-8-33)17-4-2-13(21(31)32)10-15(17)23/h1-4,9-10,24,29-33H,5-8,11H2,(H,25,27). The van der Waals surface area contributed by atoms with Gasteiger partial charge in [0.25, 0.3) is 0 Å². The van der Waals surface area contributed by atoms with Crippen LogP contribution in [0.2, 0.25) is 0 Å². The number of hydrogen-bond acceptors (Lipinski definition) is 8. The molecule has 0 aromatic heterocycles. The molecule has 0 fully saturated rings. The van der Waals surface area contributed by atoms with E-state index >= 15 is 0 Å². The van der Waals surface area contributed by atoms with Crippen LogP contribution >= 0.6 is 12.6 Å². The maximum atomic E-state index is 14.4. The maximum absolute atomic E-state index is 14.4. The van der Waals surface area contributed by atoms with Crippen LogP contribution in [0.3, 0.4) is 0 Å². The summed E-state index contributed by atoms with van der Waals surface area (Å²) in [7, 11) is -3.68. The Morgan fingerprint density at radius 1 is 0.970 bits per heavy atom. The lowest BCUT2D eigenvalue weighted by Gasteiger charge is -2.23. The number of rotatable bonds is 11. The molecule has 0 saturated heterocycles. The highest BCUT2D eigenvalue weighted by Crippen LogP contribution is 2.18. The molecule has 0 radical (unpaired) electrons. The molecule has 0 unspecified atom stereocenters. The highest BCUT2D eigenvalue weighted by Gasteiger charge is 2.21. The summed E-state index contributed by atoms with van der Waals surface area (Å²) in [6.07, 6.45) is -0.0961. The van der Waals surface area contributed by atoms with Gasteiger partial charge in [0.05, 0.1) is 17.9 Å². The molecule has 33 heavy (non-hydrogen) atoms. The van der Waals surface area contributed by atoms with E-state index < -0.39 is 37.7 Å². The van der Waals surface area contributed by atoms with Gasteiger partial charge >= 0.3 is 14.2 Å². The average Bonchev–Trinajstić information content (AvgIpc) is 2.76. The Hall–Kier alpha value is -2.48. The smallest absolute Gasteiger partial charge is 0.423 e. The first-order valence-electron chi connectivity index (χ1n) is 9.87. The molecule has 6 N–H and O–H groups in total. The van der Waals surface area contributed by atoms with E-state index in [2.05, 4.69) is 23.3 Å². The number of carbonyl (C=O) groups is 2. The van der Waals surface area contributed by atoms with Gasteiger partial charge in [-0.25, -0.2) is 8.78 Å². The first-order valence-corrected chi connectivity index (χ1v) is 10.5. The van der Waals surface area contributed by atoms with Crippen molar-refractivity contribution in [1.29, 1.82) is 0 Å². The van der Waals surface area contributed by atoms with Crippen LogP contribution in [0.25, 0.3) is 0 Å². The van der Waals surface area contributed by atoms with Crippen molar-refractivity contribution in [3.05, 3.63) is 48.0 Å². The summed E-state index contributed by atoms with van der Waals surface area (Å²) in [6.45, 7) is -0.0539.